The molecule has 3 aromatic carbocycles. The highest BCUT2D eigenvalue weighted by Crippen LogP contribution is 2.38. The molecule has 4 aromatic rings. The van der Waals surface area contributed by atoms with E-state index < -0.39 is 31.7 Å². The largest absolute Gasteiger partial charge is 0.429 e. The van der Waals surface area contributed by atoms with Crippen molar-refractivity contribution in [1.82, 2.24) is 4.98 Å². The number of nitrogens with zero attached hydrogens (tertiary/aromatic N) is 1. The molecule has 1 N–H and O–H groups in total. The lowest BCUT2D eigenvalue weighted by atomic mass is 10.2. The first-order valence-corrected chi connectivity index (χ1v) is 12.3. The van der Waals surface area contributed by atoms with Gasteiger partial charge in [-0.2, -0.15) is 13.2 Å². The molecule has 0 atom stereocenters. The summed E-state index contributed by atoms with van der Waals surface area (Å²) >= 11 is 19.4. The van der Waals surface area contributed by atoms with Gasteiger partial charge in [-0.3, -0.25) is 4.72 Å². The predicted molar refractivity (Wildman–Crippen MR) is 123 cm³/mol. The number of sulfonamides is 1. The summed E-state index contributed by atoms with van der Waals surface area (Å²) in [5.74, 6) is 0.211. The van der Waals surface area contributed by atoms with E-state index in [1.54, 1.807) is 12.1 Å². The Balaban J connectivity index is 1.56. The number of nitrogens with one attached hydrogen (secondary N) is 1. The number of benzene rings is 3. The van der Waals surface area contributed by atoms with Gasteiger partial charge in [-0.15, -0.1) is 0 Å². The molecule has 0 aliphatic heterocycles. The summed E-state index contributed by atoms with van der Waals surface area (Å²) < 4.78 is 72.4. The number of alkyl halides is 3. The highest BCUT2D eigenvalue weighted by Gasteiger charge is 2.32. The van der Waals surface area contributed by atoms with E-state index in [0.29, 0.717) is 22.7 Å². The fourth-order valence-electron chi connectivity index (χ4n) is 2.78. The lowest BCUT2D eigenvalue weighted by molar-refractivity contribution is -0.137. The van der Waals surface area contributed by atoms with Crippen LogP contribution in [0.1, 0.15) is 5.56 Å². The van der Waals surface area contributed by atoms with Gasteiger partial charge in [0.15, 0.2) is 0 Å². The van der Waals surface area contributed by atoms with Crippen molar-refractivity contribution in [3.8, 4) is 10.9 Å². The molecule has 0 aliphatic rings. The fraction of sp³-hybridized carbons (Fsp3) is 0.0500. The molecule has 1 aromatic heterocycles. The van der Waals surface area contributed by atoms with E-state index in [-0.39, 0.29) is 21.7 Å². The minimum Gasteiger partial charge on any atom is -0.429 e. The Bertz CT molecular complexity index is 1470. The van der Waals surface area contributed by atoms with Crippen LogP contribution < -0.4 is 9.46 Å². The predicted octanol–water partition coefficient (Wildman–Crippen LogP) is 7.87. The standard InChI is InChI=1S/C20H10Cl3F3N2O3S2/c21-12-2-1-3-16-18(12)27-19(32-16)31-15-6-5-11(9-13(15)22)28-33(29,30)17-7-4-10(8-14(17)23)20(24,25)26/h1-9,28H. The topological polar surface area (TPSA) is 68.3 Å². The molecule has 4 rings (SSSR count). The average Bonchev–Trinajstić information content (AvgIpc) is 3.13. The van der Waals surface area contributed by atoms with Crippen LogP contribution in [-0.2, 0) is 16.2 Å². The van der Waals surface area contributed by atoms with Crippen LogP contribution in [-0.4, -0.2) is 13.4 Å². The summed E-state index contributed by atoms with van der Waals surface area (Å²) in [6.45, 7) is 0. The molecule has 0 radical (unpaired) electrons. The average molecular weight is 554 g/mol. The minimum absolute atomic E-state index is 0.0515. The Labute approximate surface area is 204 Å². The molecule has 0 saturated carbocycles. The van der Waals surface area contributed by atoms with Crippen LogP contribution in [0.25, 0.3) is 10.2 Å². The molecule has 1 heterocycles. The summed E-state index contributed by atoms with van der Waals surface area (Å²) in [6, 6.07) is 11.3. The summed E-state index contributed by atoms with van der Waals surface area (Å²) in [6.07, 6.45) is -4.66. The van der Waals surface area contributed by atoms with Crippen molar-refractivity contribution in [2.45, 2.75) is 11.1 Å². The zero-order chi connectivity index (χ0) is 24.0. The highest BCUT2D eigenvalue weighted by molar-refractivity contribution is 7.92. The van der Waals surface area contributed by atoms with Gasteiger partial charge in [0.1, 0.15) is 16.2 Å². The smallest absolute Gasteiger partial charge is 0.416 e. The van der Waals surface area contributed by atoms with Gasteiger partial charge in [0.05, 0.1) is 31.0 Å². The molecule has 172 valence electrons. The van der Waals surface area contributed by atoms with E-state index in [0.717, 1.165) is 10.8 Å². The van der Waals surface area contributed by atoms with Crippen molar-refractivity contribution in [3.05, 3.63) is 75.2 Å². The number of hydrogen-bond acceptors (Lipinski definition) is 5. The minimum atomic E-state index is -4.66. The third kappa shape index (κ3) is 5.15. The zero-order valence-electron chi connectivity index (χ0n) is 16.0. The molecule has 0 bridgehead atoms. The molecule has 0 saturated heterocycles. The van der Waals surface area contributed by atoms with Crippen molar-refractivity contribution in [2.24, 2.45) is 0 Å². The number of aromatic nitrogens is 1. The van der Waals surface area contributed by atoms with E-state index in [4.69, 9.17) is 39.5 Å². The van der Waals surface area contributed by atoms with Crippen molar-refractivity contribution in [1.29, 1.82) is 0 Å². The van der Waals surface area contributed by atoms with Gasteiger partial charge in [-0.1, -0.05) is 52.2 Å². The van der Waals surface area contributed by atoms with E-state index in [9.17, 15) is 21.6 Å². The third-order valence-electron chi connectivity index (χ3n) is 4.28. The summed E-state index contributed by atoms with van der Waals surface area (Å²) in [5, 5.41) is 0.248. The van der Waals surface area contributed by atoms with E-state index >= 15 is 0 Å². The van der Waals surface area contributed by atoms with E-state index in [1.165, 1.54) is 29.5 Å². The van der Waals surface area contributed by atoms with Crippen LogP contribution >= 0.6 is 46.1 Å². The van der Waals surface area contributed by atoms with Gasteiger partial charge in [0.2, 0.25) is 0 Å². The molecule has 0 amide bonds. The first-order chi connectivity index (χ1) is 15.4. The maximum atomic E-state index is 12.8. The van der Waals surface area contributed by atoms with Crippen LogP contribution in [0.3, 0.4) is 0 Å². The molecular formula is C20H10Cl3F3N2O3S2. The fourth-order valence-corrected chi connectivity index (χ4v) is 5.73. The normalized spacial score (nSPS) is 12.2. The first kappa shape index (κ1) is 23.9. The third-order valence-corrected chi connectivity index (χ3v) is 7.64. The Morgan fingerprint density at radius 3 is 2.33 bits per heavy atom. The number of rotatable bonds is 5. The lowest BCUT2D eigenvalue weighted by Crippen LogP contribution is -2.14. The quantitative estimate of drug-likeness (QED) is 0.273. The zero-order valence-corrected chi connectivity index (χ0v) is 19.9. The van der Waals surface area contributed by atoms with Gasteiger partial charge in [0, 0.05) is 0 Å². The maximum Gasteiger partial charge on any atom is 0.416 e. The van der Waals surface area contributed by atoms with Gasteiger partial charge in [0.25, 0.3) is 15.2 Å². The second-order valence-electron chi connectivity index (χ2n) is 6.56. The van der Waals surface area contributed by atoms with Crippen molar-refractivity contribution in [2.75, 3.05) is 4.72 Å². The number of hydrogen-bond donors (Lipinski definition) is 1. The molecule has 0 fully saturated rings. The first-order valence-electron chi connectivity index (χ1n) is 8.86. The number of para-hydroxylation sites is 1. The Morgan fingerprint density at radius 2 is 1.70 bits per heavy atom. The van der Waals surface area contributed by atoms with Crippen LogP contribution in [0, 0.1) is 0 Å². The van der Waals surface area contributed by atoms with Gasteiger partial charge in [-0.25, -0.2) is 13.4 Å². The van der Waals surface area contributed by atoms with Crippen LogP contribution in [0.2, 0.25) is 15.1 Å². The van der Waals surface area contributed by atoms with Crippen LogP contribution in [0.15, 0.2) is 59.5 Å². The van der Waals surface area contributed by atoms with Crippen molar-refractivity contribution >= 4 is 72.1 Å². The van der Waals surface area contributed by atoms with Crippen molar-refractivity contribution in [3.63, 3.8) is 0 Å². The lowest BCUT2D eigenvalue weighted by Gasteiger charge is -2.13. The molecule has 0 unspecified atom stereocenters. The number of halogens is 6. The molecule has 13 heteroatoms. The Morgan fingerprint density at radius 1 is 0.939 bits per heavy atom. The molecular weight excluding hydrogens is 544 g/mol. The van der Waals surface area contributed by atoms with E-state index in [1.807, 2.05) is 6.07 Å². The van der Waals surface area contributed by atoms with Gasteiger partial charge in [-0.05, 0) is 48.5 Å². The number of anilines is 1. The molecule has 0 spiro atoms. The second-order valence-corrected chi connectivity index (χ2v) is 10.4. The highest BCUT2D eigenvalue weighted by atomic mass is 35.5. The van der Waals surface area contributed by atoms with E-state index in [2.05, 4.69) is 9.71 Å². The van der Waals surface area contributed by atoms with Crippen LogP contribution in [0.5, 0.6) is 10.9 Å². The maximum absolute atomic E-state index is 12.8. The molecule has 5 nitrogen and oxygen atoms in total. The summed E-state index contributed by atoms with van der Waals surface area (Å²) in [5.41, 5.74) is -0.434. The number of ether oxygens (including phenoxy) is 1. The van der Waals surface area contributed by atoms with Crippen molar-refractivity contribution < 1.29 is 26.3 Å². The monoisotopic (exact) mass is 552 g/mol. The van der Waals surface area contributed by atoms with Gasteiger partial charge < -0.3 is 4.74 Å². The van der Waals surface area contributed by atoms with Crippen LogP contribution in [0.4, 0.5) is 18.9 Å². The molecule has 0 aliphatic carbocycles. The molecule has 33 heavy (non-hydrogen) atoms. The summed E-state index contributed by atoms with van der Waals surface area (Å²) in [7, 11) is -4.29. The van der Waals surface area contributed by atoms with Gasteiger partial charge >= 0.3 is 6.18 Å². The Kier molecular flexibility index (Phi) is 6.41. The second kappa shape index (κ2) is 8.84. The Hall–Kier alpha value is -2.24. The number of thiazole rings is 1. The number of fused-ring (bicyclic) bond motifs is 1. The summed E-state index contributed by atoms with van der Waals surface area (Å²) in [4.78, 5) is 3.79. The SMILES string of the molecule is O=S(=O)(Nc1ccc(Oc2nc3c(Cl)cccc3s2)c(Cl)c1)c1ccc(C(F)(F)F)cc1Cl.